The maximum Gasteiger partial charge on any atom is 0.278 e. The molecule has 35 heavy (non-hydrogen) atoms. The molecule has 0 spiro atoms. The van der Waals surface area contributed by atoms with Crippen LogP contribution in [-0.2, 0) is 16.3 Å². The first-order valence-corrected chi connectivity index (χ1v) is 13.5. The third kappa shape index (κ3) is 4.67. The Balaban J connectivity index is 1.58. The highest BCUT2D eigenvalue weighted by Gasteiger charge is 2.18. The number of fused-ring (bicyclic) bond motifs is 1. The zero-order chi connectivity index (χ0) is 24.6. The molecule has 4 heterocycles. The second-order valence-electron chi connectivity index (χ2n) is 8.56. The number of aromatic nitrogens is 5. The number of rotatable bonds is 7. The fraction of sp³-hybridized carbons (Fsp3) is 0.250. The van der Waals surface area contributed by atoms with Gasteiger partial charge in [-0.3, -0.25) is 4.79 Å². The predicted molar refractivity (Wildman–Crippen MR) is 140 cm³/mol. The summed E-state index contributed by atoms with van der Waals surface area (Å²) < 4.78 is 19.5. The molecule has 0 bridgehead atoms. The molecule has 4 aromatic rings. The number of nitrogens with one attached hydrogen (secondary N) is 1. The van der Waals surface area contributed by atoms with E-state index in [4.69, 9.17) is 0 Å². The van der Waals surface area contributed by atoms with Gasteiger partial charge >= 0.3 is 0 Å². The number of hydrogen-bond acceptors (Lipinski definition) is 8. The summed E-state index contributed by atoms with van der Waals surface area (Å²) in [5, 5.41) is 3.57. The number of nitrogens with zero attached hydrogens (tertiary/aromatic N) is 7. The molecule has 1 fully saturated rings. The highest BCUT2D eigenvalue weighted by atomic mass is 32.2. The van der Waals surface area contributed by atoms with Gasteiger partial charge in [0.05, 0.1) is 6.54 Å². The number of pyridine rings is 1. The third-order valence-electron chi connectivity index (χ3n) is 5.57. The lowest BCUT2D eigenvalue weighted by Crippen LogP contribution is -2.36. The van der Waals surface area contributed by atoms with Crippen LogP contribution in [0.15, 0.2) is 70.5 Å². The molecule has 0 unspecified atom stereocenters. The lowest BCUT2D eigenvalue weighted by atomic mass is 10.1. The summed E-state index contributed by atoms with van der Waals surface area (Å²) in [6.07, 6.45) is 7.45. The first-order chi connectivity index (χ1) is 16.8. The van der Waals surface area contributed by atoms with Crippen molar-refractivity contribution in [1.29, 1.82) is 0 Å². The summed E-state index contributed by atoms with van der Waals surface area (Å²) in [7, 11) is -2.40. The number of allylic oxidation sites excluding steroid dienone is 1. The Kier molecular flexibility index (Phi) is 5.85. The Morgan fingerprint density at radius 2 is 1.91 bits per heavy atom. The minimum Gasteiger partial charge on any atom is -0.371 e. The van der Waals surface area contributed by atoms with Crippen LogP contribution < -0.4 is 15.8 Å². The molecule has 0 amide bonds. The van der Waals surface area contributed by atoms with E-state index in [1.807, 2.05) is 12.1 Å². The van der Waals surface area contributed by atoms with Gasteiger partial charge in [-0.1, -0.05) is 12.1 Å². The van der Waals surface area contributed by atoms with Crippen molar-refractivity contribution in [1.82, 2.24) is 24.3 Å². The first-order valence-electron chi connectivity index (χ1n) is 11.2. The van der Waals surface area contributed by atoms with E-state index in [0.717, 1.165) is 18.8 Å². The van der Waals surface area contributed by atoms with Crippen LogP contribution >= 0.6 is 0 Å². The van der Waals surface area contributed by atoms with E-state index in [0.29, 0.717) is 28.6 Å². The van der Waals surface area contributed by atoms with Gasteiger partial charge in [-0.2, -0.15) is 9.35 Å². The molecule has 1 saturated heterocycles. The van der Waals surface area contributed by atoms with Crippen LogP contribution in [0.4, 0.5) is 23.1 Å². The normalized spacial score (nSPS) is 13.5. The molecule has 0 aliphatic carbocycles. The maximum absolute atomic E-state index is 13.1. The molecule has 0 saturated carbocycles. The van der Waals surface area contributed by atoms with E-state index < -0.39 is 9.73 Å². The average molecular weight is 491 g/mol. The second kappa shape index (κ2) is 8.99. The number of anilines is 3. The molecular weight excluding hydrogens is 464 g/mol. The Bertz CT molecular complexity index is 1580. The quantitative estimate of drug-likeness (QED) is 0.395. The van der Waals surface area contributed by atoms with Crippen LogP contribution in [0.1, 0.15) is 6.42 Å². The van der Waals surface area contributed by atoms with Gasteiger partial charge in [0.25, 0.3) is 5.56 Å². The first kappa shape index (κ1) is 22.8. The molecule has 5 rings (SSSR count). The smallest absolute Gasteiger partial charge is 0.278 e. The molecule has 1 aliphatic rings. The fourth-order valence-electron chi connectivity index (χ4n) is 3.87. The molecule has 0 atom stereocenters. The van der Waals surface area contributed by atoms with Gasteiger partial charge in [0.15, 0.2) is 17.3 Å². The number of benzene rings is 1. The summed E-state index contributed by atoms with van der Waals surface area (Å²) in [6.45, 7) is 6.19. The highest BCUT2D eigenvalue weighted by molar-refractivity contribution is 7.92. The molecular formula is C24H26N8O2S. The van der Waals surface area contributed by atoms with Crippen LogP contribution in [0.25, 0.3) is 16.9 Å². The monoisotopic (exact) mass is 490 g/mol. The molecule has 1 aromatic carbocycles. The maximum atomic E-state index is 13.1. The van der Waals surface area contributed by atoms with Gasteiger partial charge in [-0.25, -0.2) is 23.5 Å². The van der Waals surface area contributed by atoms with Gasteiger partial charge in [-0.05, 0) is 42.8 Å². The van der Waals surface area contributed by atoms with Gasteiger partial charge in [-0.15, -0.1) is 6.58 Å². The largest absolute Gasteiger partial charge is 0.371 e. The number of hydrogen-bond donors (Lipinski definition) is 1. The van der Waals surface area contributed by atoms with Crippen molar-refractivity contribution < 1.29 is 4.21 Å². The van der Waals surface area contributed by atoms with Gasteiger partial charge in [0.2, 0.25) is 5.95 Å². The average Bonchev–Trinajstić information content (AvgIpc) is 3.04. The molecule has 1 N–H and O–H groups in total. The molecule has 11 heteroatoms. The van der Waals surface area contributed by atoms with E-state index in [-0.39, 0.29) is 12.1 Å². The van der Waals surface area contributed by atoms with E-state index >= 15 is 0 Å². The van der Waals surface area contributed by atoms with Crippen molar-refractivity contribution in [3.63, 3.8) is 0 Å². The zero-order valence-corrected chi connectivity index (χ0v) is 20.4. The van der Waals surface area contributed by atoms with Gasteiger partial charge < -0.3 is 10.2 Å². The predicted octanol–water partition coefficient (Wildman–Crippen LogP) is 3.48. The SMILES string of the molecule is C=CCn1c(=O)c2cnc(Nc3ccc(N4CCC4)cc3)nc2n1-c1cccc(N=S(C)(C)=O)n1. The Hall–Kier alpha value is -3.99. The van der Waals surface area contributed by atoms with Crippen molar-refractivity contribution >= 4 is 43.9 Å². The minimum atomic E-state index is -2.40. The van der Waals surface area contributed by atoms with Crippen molar-refractivity contribution in [2.75, 3.05) is 35.8 Å². The summed E-state index contributed by atoms with van der Waals surface area (Å²) >= 11 is 0. The summed E-state index contributed by atoms with van der Waals surface area (Å²) in [5.41, 5.74) is 2.16. The van der Waals surface area contributed by atoms with Crippen LogP contribution in [0.5, 0.6) is 0 Å². The van der Waals surface area contributed by atoms with E-state index in [1.54, 1.807) is 41.5 Å². The lowest BCUT2D eigenvalue weighted by molar-refractivity contribution is 0.597. The third-order valence-corrected chi connectivity index (χ3v) is 6.20. The molecule has 1 aliphatic heterocycles. The van der Waals surface area contributed by atoms with Gasteiger partial charge in [0, 0.05) is 52.9 Å². The van der Waals surface area contributed by atoms with Gasteiger partial charge in [0.1, 0.15) is 5.39 Å². The van der Waals surface area contributed by atoms with E-state index in [1.165, 1.54) is 23.0 Å². The molecule has 10 nitrogen and oxygen atoms in total. The lowest BCUT2D eigenvalue weighted by Gasteiger charge is -2.33. The van der Waals surface area contributed by atoms with E-state index in [9.17, 15) is 9.00 Å². The fourth-order valence-corrected chi connectivity index (χ4v) is 4.43. The summed E-state index contributed by atoms with van der Waals surface area (Å²) in [5.74, 6) is 1.09. The Morgan fingerprint density at radius 3 is 2.57 bits per heavy atom. The summed E-state index contributed by atoms with van der Waals surface area (Å²) in [6, 6.07) is 13.3. The molecule has 3 aromatic heterocycles. The van der Waals surface area contributed by atoms with Crippen molar-refractivity contribution in [3.05, 3.63) is 71.7 Å². The van der Waals surface area contributed by atoms with Crippen LogP contribution in [0.3, 0.4) is 0 Å². The molecule has 180 valence electrons. The van der Waals surface area contributed by atoms with Crippen molar-refractivity contribution in [2.24, 2.45) is 4.36 Å². The van der Waals surface area contributed by atoms with Crippen LogP contribution in [-0.4, -0.2) is 54.1 Å². The van der Waals surface area contributed by atoms with Crippen molar-refractivity contribution in [2.45, 2.75) is 13.0 Å². The van der Waals surface area contributed by atoms with Crippen molar-refractivity contribution in [3.8, 4) is 5.82 Å². The minimum absolute atomic E-state index is 0.247. The van der Waals surface area contributed by atoms with Crippen LogP contribution in [0.2, 0.25) is 0 Å². The topological polar surface area (TPSA) is 110 Å². The van der Waals surface area contributed by atoms with E-state index in [2.05, 4.69) is 48.2 Å². The molecule has 0 radical (unpaired) electrons. The second-order valence-corrected chi connectivity index (χ2v) is 11.1. The highest BCUT2D eigenvalue weighted by Crippen LogP contribution is 2.24. The van der Waals surface area contributed by atoms with Crippen LogP contribution in [0, 0.1) is 0 Å². The summed E-state index contributed by atoms with van der Waals surface area (Å²) in [4.78, 5) is 29.0. The Labute approximate surface area is 203 Å². The zero-order valence-electron chi connectivity index (χ0n) is 19.6. The standard InChI is InChI=1S/C24H26N8O2S/c1-4-13-31-23(33)19-16-25-24(26-17-9-11-18(12-10-17)30-14-6-15-30)28-22(19)32(31)21-8-5-7-20(27-21)29-35(2,3)34/h4-5,7-12,16H,1,6,13-15H2,2-3H3,(H,25,26,28). The Morgan fingerprint density at radius 1 is 1.14 bits per heavy atom.